The highest BCUT2D eigenvalue weighted by molar-refractivity contribution is 6.17. The van der Waals surface area contributed by atoms with Crippen molar-refractivity contribution in [1.82, 2.24) is 0 Å². The van der Waals surface area contributed by atoms with Crippen molar-refractivity contribution in [2.45, 2.75) is 6.36 Å². The lowest BCUT2D eigenvalue weighted by Gasteiger charge is -2.09. The van der Waals surface area contributed by atoms with Gasteiger partial charge in [0.2, 0.25) is 0 Å². The SMILES string of the molecule is FC(F)(F)Oc1cccc(OCCl)c1. The van der Waals surface area contributed by atoms with E-state index in [2.05, 4.69) is 4.74 Å². The van der Waals surface area contributed by atoms with Gasteiger partial charge < -0.3 is 9.47 Å². The Bertz CT molecular complexity index is 301. The fourth-order valence-corrected chi connectivity index (χ4v) is 0.950. The maximum atomic E-state index is 11.8. The van der Waals surface area contributed by atoms with E-state index in [1.807, 2.05) is 0 Å². The molecule has 0 fully saturated rings. The van der Waals surface area contributed by atoms with Crippen LogP contribution in [0.5, 0.6) is 11.5 Å². The van der Waals surface area contributed by atoms with E-state index >= 15 is 0 Å². The van der Waals surface area contributed by atoms with E-state index < -0.39 is 6.36 Å². The minimum Gasteiger partial charge on any atom is -0.478 e. The van der Waals surface area contributed by atoms with E-state index in [9.17, 15) is 13.2 Å². The number of hydrogen-bond acceptors (Lipinski definition) is 2. The molecule has 0 amide bonds. The van der Waals surface area contributed by atoms with Crippen molar-refractivity contribution in [3.05, 3.63) is 24.3 Å². The van der Waals surface area contributed by atoms with Crippen LogP contribution in [0.3, 0.4) is 0 Å². The molecule has 0 atom stereocenters. The van der Waals surface area contributed by atoms with E-state index in [0.717, 1.165) is 6.07 Å². The van der Waals surface area contributed by atoms with Crippen molar-refractivity contribution in [3.8, 4) is 11.5 Å². The highest BCUT2D eigenvalue weighted by atomic mass is 35.5. The minimum absolute atomic E-state index is 0.129. The quantitative estimate of drug-likeness (QED) is 0.737. The van der Waals surface area contributed by atoms with Gasteiger partial charge >= 0.3 is 6.36 Å². The molecule has 2 nitrogen and oxygen atoms in total. The molecular formula is C8H6ClF3O2. The van der Waals surface area contributed by atoms with Gasteiger partial charge in [-0.1, -0.05) is 17.7 Å². The molecule has 0 aliphatic heterocycles. The Morgan fingerprint density at radius 3 is 2.43 bits per heavy atom. The average Bonchev–Trinajstić information content (AvgIpc) is 2.02. The summed E-state index contributed by atoms with van der Waals surface area (Å²) in [6.45, 7) is 0. The molecule has 0 saturated carbocycles. The third-order valence-electron chi connectivity index (χ3n) is 1.26. The predicted octanol–water partition coefficient (Wildman–Crippen LogP) is 3.16. The summed E-state index contributed by atoms with van der Waals surface area (Å²) < 4.78 is 43.8. The standard InChI is InChI=1S/C8H6ClF3O2/c9-5-13-6-2-1-3-7(4-6)14-8(10,11)12/h1-4H,5H2. The third kappa shape index (κ3) is 3.74. The van der Waals surface area contributed by atoms with Crippen LogP contribution < -0.4 is 9.47 Å². The number of hydrogen-bond donors (Lipinski definition) is 0. The van der Waals surface area contributed by atoms with Crippen LogP contribution in [0.15, 0.2) is 24.3 Å². The molecule has 0 aliphatic rings. The van der Waals surface area contributed by atoms with Crippen LogP contribution in [0, 0.1) is 0 Å². The molecule has 1 aromatic carbocycles. The number of halogens is 4. The van der Waals surface area contributed by atoms with Crippen molar-refractivity contribution in [1.29, 1.82) is 0 Å². The summed E-state index contributed by atoms with van der Waals surface area (Å²) in [6, 6.07) is 5.01. The van der Waals surface area contributed by atoms with Gasteiger partial charge in [-0.2, -0.15) is 0 Å². The zero-order chi connectivity index (χ0) is 10.6. The Morgan fingerprint density at radius 1 is 1.21 bits per heavy atom. The fourth-order valence-electron chi connectivity index (χ4n) is 0.824. The number of ether oxygens (including phenoxy) is 2. The van der Waals surface area contributed by atoms with Gasteiger partial charge in [0.15, 0.2) is 6.07 Å². The van der Waals surface area contributed by atoms with E-state index in [4.69, 9.17) is 16.3 Å². The Balaban J connectivity index is 2.73. The Morgan fingerprint density at radius 2 is 1.86 bits per heavy atom. The van der Waals surface area contributed by atoms with Crippen LogP contribution in [0.2, 0.25) is 0 Å². The van der Waals surface area contributed by atoms with Crippen molar-refractivity contribution in [2.75, 3.05) is 6.07 Å². The maximum Gasteiger partial charge on any atom is 0.573 e. The summed E-state index contributed by atoms with van der Waals surface area (Å²) in [5, 5.41) is 0. The topological polar surface area (TPSA) is 18.5 Å². The molecule has 1 aromatic rings. The lowest BCUT2D eigenvalue weighted by molar-refractivity contribution is -0.274. The minimum atomic E-state index is -4.69. The van der Waals surface area contributed by atoms with Crippen LogP contribution in [-0.4, -0.2) is 12.4 Å². The highest BCUT2D eigenvalue weighted by Crippen LogP contribution is 2.25. The zero-order valence-corrected chi connectivity index (χ0v) is 7.60. The molecule has 6 heteroatoms. The molecule has 0 N–H and O–H groups in total. The van der Waals surface area contributed by atoms with Crippen LogP contribution in [-0.2, 0) is 0 Å². The van der Waals surface area contributed by atoms with Gasteiger partial charge in [0.05, 0.1) is 0 Å². The van der Waals surface area contributed by atoms with Crippen LogP contribution in [0.4, 0.5) is 13.2 Å². The van der Waals surface area contributed by atoms with Crippen LogP contribution in [0.25, 0.3) is 0 Å². The number of benzene rings is 1. The lowest BCUT2D eigenvalue weighted by Crippen LogP contribution is -2.17. The molecule has 0 aliphatic carbocycles. The first-order valence-corrected chi connectivity index (χ1v) is 4.09. The van der Waals surface area contributed by atoms with Gasteiger partial charge in [0.25, 0.3) is 0 Å². The summed E-state index contributed by atoms with van der Waals surface area (Å²) in [5.41, 5.74) is 0. The molecule has 0 saturated heterocycles. The first kappa shape index (κ1) is 11.0. The molecule has 14 heavy (non-hydrogen) atoms. The molecule has 0 heterocycles. The fraction of sp³-hybridized carbons (Fsp3) is 0.250. The molecule has 0 radical (unpaired) electrons. The van der Waals surface area contributed by atoms with Crippen molar-refractivity contribution in [3.63, 3.8) is 0 Å². The normalized spacial score (nSPS) is 11.1. The molecule has 0 unspecified atom stereocenters. The zero-order valence-electron chi connectivity index (χ0n) is 6.84. The van der Waals surface area contributed by atoms with Gasteiger partial charge in [0.1, 0.15) is 11.5 Å². The van der Waals surface area contributed by atoms with Crippen molar-refractivity contribution >= 4 is 11.6 Å². The van der Waals surface area contributed by atoms with Gasteiger partial charge in [-0.25, -0.2) is 0 Å². The molecule has 78 valence electrons. The first-order chi connectivity index (χ1) is 6.51. The third-order valence-corrected chi connectivity index (χ3v) is 1.37. The summed E-state index contributed by atoms with van der Waals surface area (Å²) >= 11 is 5.24. The smallest absolute Gasteiger partial charge is 0.478 e. The Hall–Kier alpha value is -1.10. The molecule has 0 spiro atoms. The summed E-state index contributed by atoms with van der Waals surface area (Å²) in [4.78, 5) is 0. The largest absolute Gasteiger partial charge is 0.573 e. The number of rotatable bonds is 3. The highest BCUT2D eigenvalue weighted by Gasteiger charge is 2.31. The molecule has 0 aromatic heterocycles. The Kier molecular flexibility index (Phi) is 3.46. The van der Waals surface area contributed by atoms with Crippen LogP contribution >= 0.6 is 11.6 Å². The van der Waals surface area contributed by atoms with Gasteiger partial charge in [-0.05, 0) is 12.1 Å². The van der Waals surface area contributed by atoms with Gasteiger partial charge in [0, 0.05) is 6.07 Å². The van der Waals surface area contributed by atoms with Gasteiger partial charge in [-0.15, -0.1) is 13.2 Å². The van der Waals surface area contributed by atoms with E-state index in [1.165, 1.54) is 18.2 Å². The van der Waals surface area contributed by atoms with Gasteiger partial charge in [-0.3, -0.25) is 0 Å². The molecule has 1 rings (SSSR count). The molecular weight excluding hydrogens is 221 g/mol. The average molecular weight is 227 g/mol. The second-order valence-electron chi connectivity index (χ2n) is 2.28. The molecule has 0 bridgehead atoms. The predicted molar refractivity (Wildman–Crippen MR) is 44.5 cm³/mol. The van der Waals surface area contributed by atoms with Crippen LogP contribution in [0.1, 0.15) is 0 Å². The van der Waals surface area contributed by atoms with E-state index in [0.29, 0.717) is 0 Å². The lowest BCUT2D eigenvalue weighted by atomic mass is 10.3. The van der Waals surface area contributed by atoms with E-state index in [-0.39, 0.29) is 17.6 Å². The number of alkyl halides is 4. The Labute approximate surface area is 83.2 Å². The summed E-state index contributed by atoms with van der Waals surface area (Å²) in [6.07, 6.45) is -4.69. The summed E-state index contributed by atoms with van der Waals surface area (Å²) in [7, 11) is 0. The van der Waals surface area contributed by atoms with E-state index in [1.54, 1.807) is 0 Å². The second kappa shape index (κ2) is 4.41. The first-order valence-electron chi connectivity index (χ1n) is 3.56. The van der Waals surface area contributed by atoms with Crippen molar-refractivity contribution in [2.24, 2.45) is 0 Å². The van der Waals surface area contributed by atoms with Crippen molar-refractivity contribution < 1.29 is 22.6 Å². The maximum absolute atomic E-state index is 11.8. The summed E-state index contributed by atoms with van der Waals surface area (Å²) in [5.74, 6) is -0.109. The monoisotopic (exact) mass is 226 g/mol. The second-order valence-corrected chi connectivity index (χ2v) is 2.49.